The summed E-state index contributed by atoms with van der Waals surface area (Å²) in [4.78, 5) is 12.1. The van der Waals surface area contributed by atoms with Crippen LogP contribution >= 0.6 is 12.4 Å². The van der Waals surface area contributed by atoms with E-state index in [2.05, 4.69) is 10.6 Å². The first-order valence-electron chi connectivity index (χ1n) is 7.96. The highest BCUT2D eigenvalue weighted by atomic mass is 35.5. The van der Waals surface area contributed by atoms with Crippen molar-refractivity contribution in [3.05, 3.63) is 0 Å². The second-order valence-electron chi connectivity index (χ2n) is 6.44. The number of hydrogen-bond donors (Lipinski definition) is 2. The smallest absolute Gasteiger partial charge is 0.220 e. The van der Waals surface area contributed by atoms with Crippen LogP contribution in [-0.2, 0) is 14.3 Å². The van der Waals surface area contributed by atoms with Gasteiger partial charge in [-0.2, -0.15) is 0 Å². The highest BCUT2D eigenvalue weighted by Crippen LogP contribution is 2.31. The third-order valence-electron chi connectivity index (χ3n) is 5.04. The number of amides is 1. The molecule has 3 aliphatic rings. The Labute approximate surface area is 132 Å². The van der Waals surface area contributed by atoms with E-state index in [1.54, 1.807) is 0 Å². The Balaban J connectivity index is 0.00000161. The monoisotopic (exact) mass is 318 g/mol. The molecule has 3 aliphatic heterocycles. The largest absolute Gasteiger partial charge is 0.381 e. The number of rotatable bonds is 4. The predicted octanol–water partition coefficient (Wildman–Crippen LogP) is 0.823. The van der Waals surface area contributed by atoms with Crippen LogP contribution in [0.3, 0.4) is 0 Å². The van der Waals surface area contributed by atoms with Crippen molar-refractivity contribution in [2.24, 2.45) is 23.7 Å². The molecule has 3 fully saturated rings. The molecule has 21 heavy (non-hydrogen) atoms. The van der Waals surface area contributed by atoms with Gasteiger partial charge in [-0.3, -0.25) is 4.79 Å². The van der Waals surface area contributed by atoms with Gasteiger partial charge in [0.25, 0.3) is 0 Å². The van der Waals surface area contributed by atoms with E-state index in [4.69, 9.17) is 9.47 Å². The maximum absolute atomic E-state index is 12.1. The predicted molar refractivity (Wildman–Crippen MR) is 82.6 cm³/mol. The summed E-state index contributed by atoms with van der Waals surface area (Å²) in [5, 5.41) is 6.53. The molecule has 0 aromatic carbocycles. The fourth-order valence-corrected chi connectivity index (χ4v) is 3.71. The number of carbonyl (C=O) groups is 1. The average Bonchev–Trinajstić information content (AvgIpc) is 2.96. The second kappa shape index (κ2) is 8.32. The summed E-state index contributed by atoms with van der Waals surface area (Å²) in [7, 11) is 0. The molecule has 122 valence electrons. The first-order valence-corrected chi connectivity index (χ1v) is 7.96. The molecule has 0 aromatic heterocycles. The van der Waals surface area contributed by atoms with E-state index in [0.717, 1.165) is 58.9 Å². The Morgan fingerprint density at radius 1 is 1.14 bits per heavy atom. The van der Waals surface area contributed by atoms with Crippen LogP contribution in [0.15, 0.2) is 0 Å². The van der Waals surface area contributed by atoms with Crippen LogP contribution in [0.5, 0.6) is 0 Å². The van der Waals surface area contributed by atoms with Crippen LogP contribution in [0.2, 0.25) is 0 Å². The van der Waals surface area contributed by atoms with Gasteiger partial charge in [-0.15, -0.1) is 12.4 Å². The van der Waals surface area contributed by atoms with Gasteiger partial charge in [0.1, 0.15) is 0 Å². The molecule has 0 spiro atoms. The molecule has 5 nitrogen and oxygen atoms in total. The van der Waals surface area contributed by atoms with Crippen molar-refractivity contribution in [1.29, 1.82) is 0 Å². The summed E-state index contributed by atoms with van der Waals surface area (Å²) in [5.74, 6) is 2.40. The Hall–Kier alpha value is -0.360. The Bertz CT molecular complexity index is 337. The lowest BCUT2D eigenvalue weighted by Gasteiger charge is -2.32. The molecular weight excluding hydrogens is 292 g/mol. The minimum absolute atomic E-state index is 0. The zero-order valence-corrected chi connectivity index (χ0v) is 13.3. The van der Waals surface area contributed by atoms with Crippen LogP contribution < -0.4 is 10.6 Å². The highest BCUT2D eigenvalue weighted by molar-refractivity contribution is 5.85. The van der Waals surface area contributed by atoms with Crippen LogP contribution in [0, 0.1) is 23.7 Å². The van der Waals surface area contributed by atoms with E-state index in [1.165, 1.54) is 0 Å². The van der Waals surface area contributed by atoms with Crippen LogP contribution in [0.1, 0.15) is 19.3 Å². The van der Waals surface area contributed by atoms with Crippen LogP contribution in [0.25, 0.3) is 0 Å². The Kier molecular flexibility index (Phi) is 6.74. The van der Waals surface area contributed by atoms with Gasteiger partial charge in [0.15, 0.2) is 0 Å². The van der Waals surface area contributed by atoms with Crippen molar-refractivity contribution >= 4 is 18.3 Å². The molecule has 3 heterocycles. The SMILES string of the molecule is Cl.O=C(C[C@@H]1COC[C@H]2CNC[C@H]21)NCC1CCOCC1. The van der Waals surface area contributed by atoms with E-state index >= 15 is 0 Å². The summed E-state index contributed by atoms with van der Waals surface area (Å²) >= 11 is 0. The Morgan fingerprint density at radius 2 is 1.95 bits per heavy atom. The molecule has 3 atom stereocenters. The summed E-state index contributed by atoms with van der Waals surface area (Å²) in [6, 6.07) is 0. The fraction of sp³-hybridized carbons (Fsp3) is 0.933. The molecule has 0 bridgehead atoms. The molecule has 0 aliphatic carbocycles. The molecule has 1 amide bonds. The highest BCUT2D eigenvalue weighted by Gasteiger charge is 2.38. The van der Waals surface area contributed by atoms with Crippen molar-refractivity contribution in [2.45, 2.75) is 19.3 Å². The van der Waals surface area contributed by atoms with Gasteiger partial charge >= 0.3 is 0 Å². The first kappa shape index (κ1) is 17.0. The third kappa shape index (κ3) is 4.55. The van der Waals surface area contributed by atoms with Crippen molar-refractivity contribution in [2.75, 3.05) is 46.1 Å². The average molecular weight is 319 g/mol. The normalized spacial score (nSPS) is 33.0. The zero-order chi connectivity index (χ0) is 13.8. The Morgan fingerprint density at radius 3 is 2.76 bits per heavy atom. The molecule has 6 heteroatoms. The number of carbonyl (C=O) groups excluding carboxylic acids is 1. The minimum atomic E-state index is 0. The lowest BCUT2D eigenvalue weighted by molar-refractivity contribution is -0.124. The van der Waals surface area contributed by atoms with E-state index in [0.29, 0.717) is 30.1 Å². The third-order valence-corrected chi connectivity index (χ3v) is 5.04. The van der Waals surface area contributed by atoms with Crippen LogP contribution in [-0.4, -0.2) is 52.0 Å². The van der Waals surface area contributed by atoms with Gasteiger partial charge in [0.05, 0.1) is 13.2 Å². The van der Waals surface area contributed by atoms with Crippen molar-refractivity contribution in [3.8, 4) is 0 Å². The van der Waals surface area contributed by atoms with Gasteiger partial charge in [0, 0.05) is 32.7 Å². The maximum Gasteiger partial charge on any atom is 0.220 e. The summed E-state index contributed by atoms with van der Waals surface area (Å²) in [5.41, 5.74) is 0. The standard InChI is InChI=1S/C15H26N2O3.ClH/c18-15(17-6-11-1-3-19-4-2-11)5-12-9-20-10-13-7-16-8-14(12)13;/h11-14,16H,1-10H2,(H,17,18);1H/t12-,13-,14+;/m1./s1. The lowest BCUT2D eigenvalue weighted by atomic mass is 9.81. The minimum Gasteiger partial charge on any atom is -0.381 e. The van der Waals surface area contributed by atoms with E-state index in [1.807, 2.05) is 0 Å². The lowest BCUT2D eigenvalue weighted by Crippen LogP contribution is -2.39. The van der Waals surface area contributed by atoms with Crippen molar-refractivity contribution in [1.82, 2.24) is 10.6 Å². The molecular formula is C15H27ClN2O3. The molecule has 0 radical (unpaired) electrons. The van der Waals surface area contributed by atoms with Crippen LogP contribution in [0.4, 0.5) is 0 Å². The fourth-order valence-electron chi connectivity index (χ4n) is 3.71. The molecule has 3 saturated heterocycles. The van der Waals surface area contributed by atoms with Crippen molar-refractivity contribution < 1.29 is 14.3 Å². The molecule has 0 unspecified atom stereocenters. The zero-order valence-electron chi connectivity index (χ0n) is 12.5. The van der Waals surface area contributed by atoms with Gasteiger partial charge in [-0.25, -0.2) is 0 Å². The van der Waals surface area contributed by atoms with E-state index in [9.17, 15) is 4.79 Å². The molecule has 2 N–H and O–H groups in total. The van der Waals surface area contributed by atoms with Gasteiger partial charge in [-0.05, 0) is 43.1 Å². The maximum atomic E-state index is 12.1. The van der Waals surface area contributed by atoms with Gasteiger partial charge in [-0.1, -0.05) is 0 Å². The summed E-state index contributed by atoms with van der Waals surface area (Å²) in [6.45, 7) is 6.18. The number of hydrogen-bond acceptors (Lipinski definition) is 4. The van der Waals surface area contributed by atoms with Gasteiger partial charge < -0.3 is 20.1 Å². The summed E-state index contributed by atoms with van der Waals surface area (Å²) in [6.07, 6.45) is 2.76. The second-order valence-corrected chi connectivity index (χ2v) is 6.44. The van der Waals surface area contributed by atoms with E-state index in [-0.39, 0.29) is 18.3 Å². The first-order chi connectivity index (χ1) is 9.83. The van der Waals surface area contributed by atoms with Crippen molar-refractivity contribution in [3.63, 3.8) is 0 Å². The molecule has 0 aromatic rings. The number of ether oxygens (including phenoxy) is 2. The number of nitrogens with one attached hydrogen (secondary N) is 2. The topological polar surface area (TPSA) is 59.6 Å². The number of fused-ring (bicyclic) bond motifs is 1. The molecule has 3 rings (SSSR count). The quantitative estimate of drug-likeness (QED) is 0.806. The van der Waals surface area contributed by atoms with E-state index < -0.39 is 0 Å². The number of halogens is 1. The van der Waals surface area contributed by atoms with Gasteiger partial charge in [0.2, 0.25) is 5.91 Å². The molecule has 0 saturated carbocycles. The summed E-state index contributed by atoms with van der Waals surface area (Å²) < 4.78 is 11.0.